The zero-order chi connectivity index (χ0) is 10.1. The molecule has 2 rings (SSSR count). The maximum absolute atomic E-state index is 10.6. The molecular weight excluding hydrogens is 176 g/mol. The van der Waals surface area contributed by atoms with Gasteiger partial charge in [0.05, 0.1) is 0 Å². The van der Waals surface area contributed by atoms with E-state index in [-0.39, 0.29) is 5.75 Å². The third-order valence-corrected chi connectivity index (χ3v) is 2.42. The molecule has 0 fully saturated rings. The predicted octanol–water partition coefficient (Wildman–Crippen LogP) is 2.67. The highest BCUT2D eigenvalue weighted by Crippen LogP contribution is 2.26. The Balaban J connectivity index is 2.81. The number of hydrogen-bond donors (Lipinski definition) is 1. The Morgan fingerprint density at radius 3 is 2.71 bits per heavy atom. The van der Waals surface area contributed by atoms with Gasteiger partial charge >= 0.3 is 0 Å². The van der Waals surface area contributed by atoms with Gasteiger partial charge in [0, 0.05) is 5.56 Å². The van der Waals surface area contributed by atoms with Crippen molar-refractivity contribution in [1.29, 1.82) is 0 Å². The minimum Gasteiger partial charge on any atom is -0.508 e. The standard InChI is InChI=1S/C12H10O2/c1-8-11-4-2-9(7-13)6-10(11)3-5-12(8)14/h2-7,14H,1H3. The molecule has 70 valence electrons. The van der Waals surface area contributed by atoms with Crippen LogP contribution in [-0.2, 0) is 0 Å². The number of aldehydes is 1. The van der Waals surface area contributed by atoms with Crippen molar-refractivity contribution >= 4 is 17.1 Å². The van der Waals surface area contributed by atoms with Gasteiger partial charge in [0.25, 0.3) is 0 Å². The van der Waals surface area contributed by atoms with Gasteiger partial charge in [-0.1, -0.05) is 18.2 Å². The maximum atomic E-state index is 10.6. The fourth-order valence-corrected chi connectivity index (χ4v) is 1.57. The van der Waals surface area contributed by atoms with Gasteiger partial charge < -0.3 is 5.11 Å². The minimum atomic E-state index is 0.288. The molecule has 0 bridgehead atoms. The summed E-state index contributed by atoms with van der Waals surface area (Å²) in [6.07, 6.45) is 0.821. The molecule has 0 aliphatic carbocycles. The highest BCUT2D eigenvalue weighted by atomic mass is 16.3. The molecule has 0 atom stereocenters. The molecule has 0 aliphatic rings. The van der Waals surface area contributed by atoms with Crippen molar-refractivity contribution in [3.63, 3.8) is 0 Å². The number of rotatable bonds is 1. The van der Waals surface area contributed by atoms with Crippen molar-refractivity contribution in [3.05, 3.63) is 41.5 Å². The predicted molar refractivity (Wildman–Crippen MR) is 55.7 cm³/mol. The Labute approximate surface area is 81.8 Å². The van der Waals surface area contributed by atoms with Crippen LogP contribution < -0.4 is 0 Å². The van der Waals surface area contributed by atoms with E-state index in [1.54, 1.807) is 12.1 Å². The fourth-order valence-electron chi connectivity index (χ4n) is 1.57. The second-order valence-corrected chi connectivity index (χ2v) is 3.31. The number of benzene rings is 2. The fraction of sp³-hybridized carbons (Fsp3) is 0.0833. The lowest BCUT2D eigenvalue weighted by Crippen LogP contribution is -1.83. The zero-order valence-corrected chi connectivity index (χ0v) is 7.82. The van der Waals surface area contributed by atoms with Crippen molar-refractivity contribution in [2.75, 3.05) is 0 Å². The summed E-state index contributed by atoms with van der Waals surface area (Å²) < 4.78 is 0. The third kappa shape index (κ3) is 1.25. The molecule has 0 aliphatic heterocycles. The molecule has 0 heterocycles. The summed E-state index contributed by atoms with van der Waals surface area (Å²) in [5.41, 5.74) is 1.50. The maximum Gasteiger partial charge on any atom is 0.150 e. The molecule has 0 amide bonds. The Bertz CT molecular complexity index is 501. The van der Waals surface area contributed by atoms with Crippen LogP contribution in [0.15, 0.2) is 30.3 Å². The summed E-state index contributed by atoms with van der Waals surface area (Å²) in [6.45, 7) is 1.86. The van der Waals surface area contributed by atoms with E-state index in [9.17, 15) is 9.90 Å². The first-order valence-electron chi connectivity index (χ1n) is 4.40. The van der Waals surface area contributed by atoms with E-state index < -0.39 is 0 Å². The highest BCUT2D eigenvalue weighted by molar-refractivity contribution is 5.92. The van der Waals surface area contributed by atoms with Crippen LogP contribution in [0.25, 0.3) is 10.8 Å². The Morgan fingerprint density at radius 1 is 1.21 bits per heavy atom. The zero-order valence-electron chi connectivity index (χ0n) is 7.82. The van der Waals surface area contributed by atoms with Gasteiger partial charge in [-0.3, -0.25) is 4.79 Å². The van der Waals surface area contributed by atoms with Crippen LogP contribution in [0, 0.1) is 6.92 Å². The molecule has 2 aromatic rings. The molecule has 0 spiro atoms. The average Bonchev–Trinajstić information content (AvgIpc) is 2.23. The Kier molecular flexibility index (Phi) is 1.97. The second kappa shape index (κ2) is 3.14. The van der Waals surface area contributed by atoms with E-state index >= 15 is 0 Å². The van der Waals surface area contributed by atoms with Gasteiger partial charge in [-0.05, 0) is 35.4 Å². The lowest BCUT2D eigenvalue weighted by atomic mass is 10.0. The number of aromatic hydroxyl groups is 1. The summed E-state index contributed by atoms with van der Waals surface area (Å²) in [5.74, 6) is 0.288. The molecule has 2 heteroatoms. The Hall–Kier alpha value is -1.83. The molecule has 0 saturated heterocycles. The first-order valence-corrected chi connectivity index (χ1v) is 4.40. The summed E-state index contributed by atoms with van der Waals surface area (Å²) in [7, 11) is 0. The smallest absolute Gasteiger partial charge is 0.150 e. The van der Waals surface area contributed by atoms with E-state index in [0.29, 0.717) is 5.56 Å². The van der Waals surface area contributed by atoms with Crippen LogP contribution >= 0.6 is 0 Å². The monoisotopic (exact) mass is 186 g/mol. The van der Waals surface area contributed by atoms with Crippen molar-refractivity contribution in [2.24, 2.45) is 0 Å². The molecule has 2 aromatic carbocycles. The first kappa shape index (κ1) is 8.75. The number of hydrogen-bond acceptors (Lipinski definition) is 2. The van der Waals surface area contributed by atoms with E-state index in [4.69, 9.17) is 0 Å². The third-order valence-electron chi connectivity index (χ3n) is 2.42. The summed E-state index contributed by atoms with van der Waals surface area (Å²) in [4.78, 5) is 10.6. The van der Waals surface area contributed by atoms with Crippen LogP contribution in [0.1, 0.15) is 15.9 Å². The van der Waals surface area contributed by atoms with Crippen molar-refractivity contribution in [3.8, 4) is 5.75 Å². The van der Waals surface area contributed by atoms with Gasteiger partial charge in [-0.15, -0.1) is 0 Å². The Morgan fingerprint density at radius 2 is 2.00 bits per heavy atom. The van der Waals surface area contributed by atoms with Crippen LogP contribution in [0.3, 0.4) is 0 Å². The number of carbonyl (C=O) groups excluding carboxylic acids is 1. The summed E-state index contributed by atoms with van der Waals surface area (Å²) in [6, 6.07) is 8.88. The molecule has 2 nitrogen and oxygen atoms in total. The quantitative estimate of drug-likeness (QED) is 0.695. The van der Waals surface area contributed by atoms with Crippen molar-refractivity contribution in [2.45, 2.75) is 6.92 Å². The average molecular weight is 186 g/mol. The molecule has 1 N–H and O–H groups in total. The molecule has 14 heavy (non-hydrogen) atoms. The van der Waals surface area contributed by atoms with Crippen molar-refractivity contribution in [1.82, 2.24) is 0 Å². The number of phenolic OH excluding ortho intramolecular Hbond substituents is 1. The van der Waals surface area contributed by atoms with Gasteiger partial charge in [0.15, 0.2) is 0 Å². The minimum absolute atomic E-state index is 0.288. The number of aryl methyl sites for hydroxylation is 1. The lowest BCUT2D eigenvalue weighted by Gasteiger charge is -2.04. The second-order valence-electron chi connectivity index (χ2n) is 3.31. The van der Waals surface area contributed by atoms with E-state index in [2.05, 4.69) is 0 Å². The normalized spacial score (nSPS) is 10.4. The van der Waals surface area contributed by atoms with Gasteiger partial charge in [0.2, 0.25) is 0 Å². The van der Waals surface area contributed by atoms with Gasteiger partial charge in [-0.2, -0.15) is 0 Å². The SMILES string of the molecule is Cc1c(O)ccc2cc(C=O)ccc12. The molecule has 0 saturated carbocycles. The van der Waals surface area contributed by atoms with Crippen LogP contribution in [0.4, 0.5) is 0 Å². The lowest BCUT2D eigenvalue weighted by molar-refractivity contribution is 0.112. The van der Waals surface area contributed by atoms with E-state index in [0.717, 1.165) is 22.6 Å². The van der Waals surface area contributed by atoms with Crippen LogP contribution in [-0.4, -0.2) is 11.4 Å². The van der Waals surface area contributed by atoms with E-state index in [1.165, 1.54) is 0 Å². The first-order chi connectivity index (χ1) is 6.72. The molecule has 0 radical (unpaired) electrons. The highest BCUT2D eigenvalue weighted by Gasteiger charge is 2.02. The van der Waals surface area contributed by atoms with E-state index in [1.807, 2.05) is 25.1 Å². The number of fused-ring (bicyclic) bond motifs is 1. The largest absolute Gasteiger partial charge is 0.508 e. The van der Waals surface area contributed by atoms with Crippen LogP contribution in [0.5, 0.6) is 5.75 Å². The van der Waals surface area contributed by atoms with Crippen molar-refractivity contribution < 1.29 is 9.90 Å². The van der Waals surface area contributed by atoms with Gasteiger partial charge in [-0.25, -0.2) is 0 Å². The molecule has 0 unspecified atom stereocenters. The van der Waals surface area contributed by atoms with Crippen LogP contribution in [0.2, 0.25) is 0 Å². The number of phenols is 1. The topological polar surface area (TPSA) is 37.3 Å². The van der Waals surface area contributed by atoms with Gasteiger partial charge in [0.1, 0.15) is 12.0 Å². The molecular formula is C12H10O2. The summed E-state index contributed by atoms with van der Waals surface area (Å²) in [5, 5.41) is 11.4. The molecule has 0 aromatic heterocycles. The number of carbonyl (C=O) groups is 1. The summed E-state index contributed by atoms with van der Waals surface area (Å²) >= 11 is 0.